The second-order valence-electron chi connectivity index (χ2n) is 6.80. The van der Waals surface area contributed by atoms with E-state index in [9.17, 15) is 14.9 Å². The third-order valence-corrected chi connectivity index (χ3v) is 7.34. The van der Waals surface area contributed by atoms with Crippen molar-refractivity contribution in [3.8, 4) is 6.07 Å². The molecule has 30 heavy (non-hydrogen) atoms. The van der Waals surface area contributed by atoms with E-state index >= 15 is 0 Å². The summed E-state index contributed by atoms with van der Waals surface area (Å²) in [4.78, 5) is 28.0. The Bertz CT molecular complexity index is 1350. The first-order chi connectivity index (χ1) is 14.4. The van der Waals surface area contributed by atoms with E-state index in [1.54, 1.807) is 19.9 Å². The molecule has 3 aromatic rings. The molecule has 3 aromatic heterocycles. The molecule has 0 saturated carbocycles. The molecule has 0 aliphatic carbocycles. The van der Waals surface area contributed by atoms with Crippen LogP contribution in [0.1, 0.15) is 29.5 Å². The molecule has 0 bridgehead atoms. The lowest BCUT2D eigenvalue weighted by molar-refractivity contribution is -0.140. The minimum Gasteiger partial charge on any atom is -0.460 e. The summed E-state index contributed by atoms with van der Waals surface area (Å²) < 4.78 is 7.61. The van der Waals surface area contributed by atoms with Crippen LogP contribution in [0.3, 0.4) is 0 Å². The van der Waals surface area contributed by atoms with E-state index in [0.29, 0.717) is 9.20 Å². The van der Waals surface area contributed by atoms with Gasteiger partial charge in [0.2, 0.25) is 0 Å². The van der Waals surface area contributed by atoms with E-state index in [0.717, 1.165) is 9.75 Å². The standard InChI is InChI=1S/C21H17N3O3S3/c1-11(2)27-21(26)17-16(14-6-4-8-29-14)13(10-22)18(23)24-19(25)15(30-20(17)24)9-12-5-3-7-28-12/h3-9,11,16H,23H2,1-2H3. The molecule has 0 saturated heterocycles. The van der Waals surface area contributed by atoms with E-state index in [4.69, 9.17) is 10.5 Å². The Hall–Kier alpha value is -2.93. The van der Waals surface area contributed by atoms with Crippen molar-refractivity contribution in [2.24, 2.45) is 5.73 Å². The van der Waals surface area contributed by atoms with Gasteiger partial charge >= 0.3 is 5.97 Å². The fourth-order valence-corrected chi connectivity index (χ4v) is 6.00. The summed E-state index contributed by atoms with van der Waals surface area (Å²) in [5.41, 5.74) is 6.39. The van der Waals surface area contributed by atoms with Gasteiger partial charge in [-0.3, -0.25) is 9.36 Å². The van der Waals surface area contributed by atoms with Gasteiger partial charge in [-0.15, -0.1) is 34.0 Å². The first-order valence-corrected chi connectivity index (χ1v) is 11.7. The fourth-order valence-electron chi connectivity index (χ4n) is 3.26. The molecule has 152 valence electrons. The minimum atomic E-state index is -0.672. The monoisotopic (exact) mass is 455 g/mol. The zero-order valence-electron chi connectivity index (χ0n) is 16.1. The number of hydrogen-bond donors (Lipinski definition) is 1. The van der Waals surface area contributed by atoms with Crippen molar-refractivity contribution in [2.45, 2.75) is 25.9 Å². The molecule has 0 fully saturated rings. The van der Waals surface area contributed by atoms with Crippen molar-refractivity contribution in [3.05, 3.63) is 69.9 Å². The van der Waals surface area contributed by atoms with Crippen LogP contribution in [-0.4, -0.2) is 16.6 Å². The van der Waals surface area contributed by atoms with E-state index in [1.807, 2.05) is 35.0 Å². The number of carbonyl (C=O) groups is 1. The molecule has 1 aliphatic heterocycles. The van der Waals surface area contributed by atoms with Crippen LogP contribution in [0.25, 0.3) is 17.5 Å². The Kier molecular flexibility index (Phi) is 5.47. The number of rotatable bonds is 4. The average Bonchev–Trinajstić information content (AvgIpc) is 3.44. The zero-order valence-corrected chi connectivity index (χ0v) is 18.6. The first-order valence-electron chi connectivity index (χ1n) is 9.08. The van der Waals surface area contributed by atoms with Gasteiger partial charge in [-0.05, 0) is 42.8 Å². The van der Waals surface area contributed by atoms with Gasteiger partial charge in [0.05, 0.1) is 33.8 Å². The van der Waals surface area contributed by atoms with Crippen molar-refractivity contribution >= 4 is 57.4 Å². The number of nitriles is 1. The predicted molar refractivity (Wildman–Crippen MR) is 120 cm³/mol. The number of hydrogen-bond acceptors (Lipinski definition) is 8. The molecule has 0 aromatic carbocycles. The largest absolute Gasteiger partial charge is 0.460 e. The highest BCUT2D eigenvalue weighted by Gasteiger charge is 2.37. The molecule has 9 heteroatoms. The Morgan fingerprint density at radius 1 is 1.30 bits per heavy atom. The molecule has 6 nitrogen and oxygen atoms in total. The van der Waals surface area contributed by atoms with Crippen molar-refractivity contribution in [1.82, 2.24) is 4.57 Å². The second kappa shape index (κ2) is 8.07. The molecule has 1 atom stereocenters. The lowest BCUT2D eigenvalue weighted by Crippen LogP contribution is -2.40. The van der Waals surface area contributed by atoms with E-state index in [1.165, 1.54) is 38.6 Å². The Morgan fingerprint density at radius 2 is 2.03 bits per heavy atom. The number of thiazole rings is 1. The molecule has 1 aliphatic rings. The first kappa shape index (κ1) is 20.3. The van der Waals surface area contributed by atoms with Crippen LogP contribution in [0.5, 0.6) is 0 Å². The predicted octanol–water partition coefficient (Wildman–Crippen LogP) is 2.41. The highest BCUT2D eigenvalue weighted by atomic mass is 32.1. The average molecular weight is 456 g/mol. The van der Waals surface area contributed by atoms with Gasteiger partial charge in [-0.1, -0.05) is 12.1 Å². The SMILES string of the molecule is CC(C)OC(=O)C1=c2sc(=Cc3cccs3)c(=O)n2C(N)=C(C#N)C1c1cccs1. The van der Waals surface area contributed by atoms with Crippen LogP contribution in [0, 0.1) is 11.3 Å². The van der Waals surface area contributed by atoms with Crippen molar-refractivity contribution in [3.63, 3.8) is 0 Å². The van der Waals surface area contributed by atoms with Crippen molar-refractivity contribution in [2.75, 3.05) is 0 Å². The Balaban J connectivity index is 2.10. The maximum atomic E-state index is 13.2. The lowest BCUT2D eigenvalue weighted by Gasteiger charge is -2.24. The number of nitrogens with two attached hydrogens (primary N) is 1. The minimum absolute atomic E-state index is 0.0547. The van der Waals surface area contributed by atoms with Crippen molar-refractivity contribution < 1.29 is 9.53 Å². The molecule has 1 unspecified atom stereocenters. The summed E-state index contributed by atoms with van der Waals surface area (Å²) in [6.45, 7) is 3.52. The molecular formula is C21H17N3O3S3. The van der Waals surface area contributed by atoms with E-state index in [2.05, 4.69) is 6.07 Å². The number of thiophene rings is 2. The van der Waals surface area contributed by atoms with Gasteiger partial charge in [-0.25, -0.2) is 4.79 Å². The number of allylic oxidation sites excluding steroid dienone is 1. The maximum Gasteiger partial charge on any atom is 0.338 e. The summed E-state index contributed by atoms with van der Waals surface area (Å²) in [5, 5.41) is 13.7. The van der Waals surface area contributed by atoms with E-state index < -0.39 is 11.9 Å². The molecule has 4 rings (SSSR count). The molecule has 0 radical (unpaired) electrons. The van der Waals surface area contributed by atoms with Crippen LogP contribution in [0.15, 0.2) is 45.4 Å². The normalized spacial score (nSPS) is 16.7. The Labute approximate surface area is 184 Å². The van der Waals surface area contributed by atoms with Gasteiger partial charge < -0.3 is 10.5 Å². The third kappa shape index (κ3) is 3.43. The second-order valence-corrected chi connectivity index (χ2v) is 9.79. The Morgan fingerprint density at radius 3 is 2.63 bits per heavy atom. The number of esters is 1. The summed E-state index contributed by atoms with van der Waals surface area (Å²) in [6.07, 6.45) is 1.42. The smallest absolute Gasteiger partial charge is 0.338 e. The number of ether oxygens (including phenoxy) is 1. The van der Waals surface area contributed by atoms with Crippen LogP contribution in [-0.2, 0) is 9.53 Å². The number of fused-ring (bicyclic) bond motifs is 1. The van der Waals surface area contributed by atoms with Crippen LogP contribution in [0.4, 0.5) is 0 Å². The van der Waals surface area contributed by atoms with Gasteiger partial charge in [0.15, 0.2) is 0 Å². The van der Waals surface area contributed by atoms with Crippen LogP contribution < -0.4 is 20.5 Å². The van der Waals surface area contributed by atoms with Crippen molar-refractivity contribution in [1.29, 1.82) is 5.26 Å². The van der Waals surface area contributed by atoms with E-state index in [-0.39, 0.29) is 28.6 Å². The molecule has 4 heterocycles. The highest BCUT2D eigenvalue weighted by Crippen LogP contribution is 2.38. The summed E-state index contributed by atoms with van der Waals surface area (Å²) in [6, 6.07) is 9.62. The summed E-state index contributed by atoms with van der Waals surface area (Å²) in [5.74, 6) is -1.17. The summed E-state index contributed by atoms with van der Waals surface area (Å²) in [7, 11) is 0. The zero-order chi connectivity index (χ0) is 21.4. The maximum absolute atomic E-state index is 13.2. The number of aromatic nitrogens is 1. The van der Waals surface area contributed by atoms with Gasteiger partial charge in [0, 0.05) is 9.75 Å². The quantitative estimate of drug-likeness (QED) is 0.609. The van der Waals surface area contributed by atoms with Crippen LogP contribution >= 0.6 is 34.0 Å². The molecule has 0 amide bonds. The highest BCUT2D eigenvalue weighted by molar-refractivity contribution is 7.11. The molecular weight excluding hydrogens is 438 g/mol. The van der Waals surface area contributed by atoms with Gasteiger partial charge in [-0.2, -0.15) is 5.26 Å². The molecule has 0 spiro atoms. The topological polar surface area (TPSA) is 98.1 Å². The summed E-state index contributed by atoms with van der Waals surface area (Å²) >= 11 is 4.11. The number of carbonyl (C=O) groups excluding carboxylic acids is 1. The number of nitrogens with zero attached hydrogens (tertiary/aromatic N) is 2. The van der Waals surface area contributed by atoms with Gasteiger partial charge in [0.25, 0.3) is 5.56 Å². The van der Waals surface area contributed by atoms with Crippen LogP contribution in [0.2, 0.25) is 0 Å². The van der Waals surface area contributed by atoms with Gasteiger partial charge in [0.1, 0.15) is 10.5 Å². The fraction of sp³-hybridized carbons (Fsp3) is 0.190. The lowest BCUT2D eigenvalue weighted by atomic mass is 9.88. The third-order valence-electron chi connectivity index (χ3n) is 4.48. The molecule has 2 N–H and O–H groups in total.